The Morgan fingerprint density at radius 1 is 1.04 bits per heavy atom. The molecule has 24 heavy (non-hydrogen) atoms. The lowest BCUT2D eigenvalue weighted by atomic mass is 9.87. The molecule has 0 amide bonds. The first kappa shape index (κ1) is 15.5. The molecule has 0 atom stereocenters. The first-order valence-electron chi connectivity index (χ1n) is 8.87. The van der Waals surface area contributed by atoms with E-state index in [2.05, 4.69) is 24.1 Å². The van der Waals surface area contributed by atoms with Gasteiger partial charge < -0.3 is 4.90 Å². The van der Waals surface area contributed by atoms with Gasteiger partial charge in [0.15, 0.2) is 0 Å². The molecule has 2 nitrogen and oxygen atoms in total. The van der Waals surface area contributed by atoms with E-state index in [-0.39, 0.29) is 5.82 Å². The fraction of sp³-hybridized carbons (Fsp3) is 0.381. The van der Waals surface area contributed by atoms with Gasteiger partial charge in [-0.05, 0) is 79.6 Å². The van der Waals surface area contributed by atoms with Gasteiger partial charge in [-0.25, -0.2) is 4.39 Å². The summed E-state index contributed by atoms with van der Waals surface area (Å²) >= 11 is 0. The molecule has 0 saturated carbocycles. The maximum Gasteiger partial charge on any atom is 0.123 e. The summed E-state index contributed by atoms with van der Waals surface area (Å²) in [4.78, 5) is 7.33. The van der Waals surface area contributed by atoms with E-state index in [0.717, 1.165) is 43.6 Å². The summed E-state index contributed by atoms with van der Waals surface area (Å²) in [5.74, 6) is -0.181. The van der Waals surface area contributed by atoms with Gasteiger partial charge in [0, 0.05) is 18.8 Å². The number of pyridine rings is 1. The molecule has 1 aromatic carbocycles. The van der Waals surface area contributed by atoms with Crippen LogP contribution in [-0.2, 0) is 12.8 Å². The summed E-state index contributed by atoms with van der Waals surface area (Å²) < 4.78 is 13.3. The maximum atomic E-state index is 13.3. The Bertz CT molecular complexity index is 777. The highest BCUT2D eigenvalue weighted by molar-refractivity contribution is 5.74. The van der Waals surface area contributed by atoms with Crippen LogP contribution in [0.2, 0.25) is 0 Å². The molecule has 124 valence electrons. The summed E-state index contributed by atoms with van der Waals surface area (Å²) in [5, 5.41) is 0. The molecule has 1 aromatic heterocycles. The summed E-state index contributed by atoms with van der Waals surface area (Å²) in [5.41, 5.74) is 7.43. The predicted octanol–water partition coefficient (Wildman–Crippen LogP) is 4.49. The van der Waals surface area contributed by atoms with E-state index in [1.807, 2.05) is 12.1 Å². The van der Waals surface area contributed by atoms with Crippen LogP contribution in [0.3, 0.4) is 0 Å². The van der Waals surface area contributed by atoms with Crippen molar-refractivity contribution in [3.8, 4) is 11.1 Å². The molecule has 0 spiro atoms. The molecule has 1 aliphatic carbocycles. The highest BCUT2D eigenvalue weighted by Gasteiger charge is 2.20. The van der Waals surface area contributed by atoms with Gasteiger partial charge in [0.05, 0.1) is 5.69 Å². The second-order valence-corrected chi connectivity index (χ2v) is 6.94. The Balaban J connectivity index is 1.82. The van der Waals surface area contributed by atoms with Crippen molar-refractivity contribution in [1.29, 1.82) is 0 Å². The number of rotatable bonds is 2. The van der Waals surface area contributed by atoms with Crippen molar-refractivity contribution >= 4 is 5.57 Å². The minimum absolute atomic E-state index is 0.181. The molecule has 4 rings (SSSR count). The summed E-state index contributed by atoms with van der Waals surface area (Å²) in [7, 11) is 2.15. The summed E-state index contributed by atoms with van der Waals surface area (Å²) in [6, 6.07) is 9.13. The van der Waals surface area contributed by atoms with Gasteiger partial charge in [-0.2, -0.15) is 0 Å². The minimum Gasteiger partial charge on any atom is -0.302 e. The fourth-order valence-electron chi connectivity index (χ4n) is 3.76. The van der Waals surface area contributed by atoms with Crippen molar-refractivity contribution in [2.75, 3.05) is 20.1 Å². The van der Waals surface area contributed by atoms with Crippen LogP contribution < -0.4 is 0 Å². The molecule has 2 aliphatic rings. The quantitative estimate of drug-likeness (QED) is 0.810. The van der Waals surface area contributed by atoms with Gasteiger partial charge in [-0.15, -0.1) is 0 Å². The van der Waals surface area contributed by atoms with E-state index in [9.17, 15) is 4.39 Å². The second kappa shape index (κ2) is 6.48. The normalized spacial score (nSPS) is 18.2. The predicted molar refractivity (Wildman–Crippen MR) is 96.4 cm³/mol. The lowest BCUT2D eigenvalue weighted by Gasteiger charge is -2.24. The van der Waals surface area contributed by atoms with E-state index < -0.39 is 0 Å². The average molecular weight is 322 g/mol. The van der Waals surface area contributed by atoms with E-state index in [4.69, 9.17) is 4.98 Å². The molecular formula is C21H23FN2. The Labute approximate surface area is 143 Å². The summed E-state index contributed by atoms with van der Waals surface area (Å²) in [6.45, 7) is 2.07. The number of likely N-dealkylation sites (N-methyl/N-ethyl adjacent to an activating group) is 1. The Hall–Kier alpha value is -2.00. The van der Waals surface area contributed by atoms with E-state index >= 15 is 0 Å². The van der Waals surface area contributed by atoms with Crippen molar-refractivity contribution in [1.82, 2.24) is 9.88 Å². The van der Waals surface area contributed by atoms with Crippen molar-refractivity contribution in [3.63, 3.8) is 0 Å². The Morgan fingerprint density at radius 3 is 2.58 bits per heavy atom. The number of nitrogens with zero attached hydrogens (tertiary/aromatic N) is 2. The van der Waals surface area contributed by atoms with Crippen LogP contribution in [0.4, 0.5) is 4.39 Å². The second-order valence-electron chi connectivity index (χ2n) is 6.94. The zero-order chi connectivity index (χ0) is 16.5. The molecule has 0 fully saturated rings. The van der Waals surface area contributed by atoms with Crippen molar-refractivity contribution in [2.24, 2.45) is 0 Å². The van der Waals surface area contributed by atoms with Gasteiger partial charge in [0.25, 0.3) is 0 Å². The fourth-order valence-corrected chi connectivity index (χ4v) is 3.76. The number of halogens is 1. The van der Waals surface area contributed by atoms with Crippen LogP contribution in [0, 0.1) is 5.82 Å². The third-order valence-corrected chi connectivity index (χ3v) is 5.20. The number of aryl methyl sites for hydroxylation is 1. The van der Waals surface area contributed by atoms with Crippen LogP contribution in [0.1, 0.15) is 36.2 Å². The van der Waals surface area contributed by atoms with Crippen LogP contribution in [0.25, 0.3) is 16.7 Å². The van der Waals surface area contributed by atoms with Crippen LogP contribution in [0.5, 0.6) is 0 Å². The minimum atomic E-state index is -0.181. The number of hydrogen-bond acceptors (Lipinski definition) is 2. The van der Waals surface area contributed by atoms with Crippen LogP contribution in [0.15, 0.2) is 36.4 Å². The molecule has 0 unspecified atom stereocenters. The third-order valence-electron chi connectivity index (χ3n) is 5.20. The molecule has 2 heterocycles. The van der Waals surface area contributed by atoms with Crippen molar-refractivity contribution in [2.45, 2.75) is 32.1 Å². The van der Waals surface area contributed by atoms with Crippen LogP contribution in [-0.4, -0.2) is 30.0 Å². The van der Waals surface area contributed by atoms with E-state index in [1.54, 1.807) is 12.1 Å². The monoisotopic (exact) mass is 322 g/mol. The Morgan fingerprint density at radius 2 is 1.83 bits per heavy atom. The molecule has 0 bridgehead atoms. The van der Waals surface area contributed by atoms with Gasteiger partial charge >= 0.3 is 0 Å². The lowest BCUT2D eigenvalue weighted by Crippen LogP contribution is -2.24. The van der Waals surface area contributed by atoms with Gasteiger partial charge in [0.1, 0.15) is 5.82 Å². The van der Waals surface area contributed by atoms with Crippen LogP contribution >= 0.6 is 0 Å². The number of benzene rings is 1. The third kappa shape index (κ3) is 3.01. The SMILES string of the molecule is CN1CC=C(c2cc(-c3ccc(F)cc3)c3c(n2)CCCC3)CC1. The first-order valence-corrected chi connectivity index (χ1v) is 8.87. The molecule has 0 N–H and O–H groups in total. The first-order chi connectivity index (χ1) is 11.7. The lowest BCUT2D eigenvalue weighted by molar-refractivity contribution is 0.369. The zero-order valence-corrected chi connectivity index (χ0v) is 14.2. The summed E-state index contributed by atoms with van der Waals surface area (Å²) in [6.07, 6.45) is 7.92. The highest BCUT2D eigenvalue weighted by atomic mass is 19.1. The molecule has 2 aromatic rings. The molecule has 3 heteroatoms. The largest absolute Gasteiger partial charge is 0.302 e. The van der Waals surface area contributed by atoms with Gasteiger partial charge in [-0.3, -0.25) is 4.98 Å². The van der Waals surface area contributed by atoms with Gasteiger partial charge in [0.2, 0.25) is 0 Å². The molecular weight excluding hydrogens is 299 g/mol. The standard InChI is InChI=1S/C21H23FN2/c1-24-12-10-16(11-13-24)21-14-19(15-6-8-17(22)9-7-15)18-4-2-3-5-20(18)23-21/h6-10,14H,2-5,11-13H2,1H3. The van der Waals surface area contributed by atoms with Crippen molar-refractivity contribution < 1.29 is 4.39 Å². The van der Waals surface area contributed by atoms with E-state index in [1.165, 1.54) is 35.2 Å². The topological polar surface area (TPSA) is 16.1 Å². The molecule has 0 radical (unpaired) electrons. The zero-order valence-electron chi connectivity index (χ0n) is 14.2. The average Bonchev–Trinajstić information content (AvgIpc) is 2.62. The Kier molecular flexibility index (Phi) is 4.19. The smallest absolute Gasteiger partial charge is 0.123 e. The molecule has 0 saturated heterocycles. The molecule has 1 aliphatic heterocycles. The number of hydrogen-bond donors (Lipinski definition) is 0. The maximum absolute atomic E-state index is 13.3. The highest BCUT2D eigenvalue weighted by Crippen LogP contribution is 2.34. The van der Waals surface area contributed by atoms with E-state index in [0.29, 0.717) is 0 Å². The number of fused-ring (bicyclic) bond motifs is 1. The number of aromatic nitrogens is 1. The van der Waals surface area contributed by atoms with Crippen molar-refractivity contribution in [3.05, 3.63) is 59.2 Å². The van der Waals surface area contributed by atoms with Gasteiger partial charge in [-0.1, -0.05) is 18.2 Å².